The van der Waals surface area contributed by atoms with Crippen molar-refractivity contribution >= 4 is 15.9 Å². The molecule has 0 amide bonds. The van der Waals surface area contributed by atoms with Crippen LogP contribution in [0.4, 0.5) is 0 Å². The van der Waals surface area contributed by atoms with E-state index >= 15 is 0 Å². The standard InChI is InChI=1S/C16H20BrN3/c1-10-5-6-11(2)13(8-10)16-14(17)15(19-20-16)12-4-3-7-18-9-12/h5-6,8,12,18H,3-4,7,9H2,1-2H3,(H,19,20). The number of nitrogens with one attached hydrogen (secondary N) is 2. The third-order valence-corrected chi connectivity index (χ3v) is 4.89. The molecule has 4 heteroatoms. The highest BCUT2D eigenvalue weighted by molar-refractivity contribution is 9.10. The van der Waals surface area contributed by atoms with Gasteiger partial charge in [0.1, 0.15) is 5.69 Å². The third-order valence-electron chi connectivity index (χ3n) is 4.09. The minimum Gasteiger partial charge on any atom is -0.316 e. The topological polar surface area (TPSA) is 40.7 Å². The molecule has 1 aromatic heterocycles. The fourth-order valence-electron chi connectivity index (χ4n) is 2.88. The molecule has 1 atom stereocenters. The van der Waals surface area contributed by atoms with Crippen LogP contribution in [0.1, 0.15) is 35.6 Å². The van der Waals surface area contributed by atoms with Gasteiger partial charge < -0.3 is 5.32 Å². The van der Waals surface area contributed by atoms with Crippen molar-refractivity contribution in [3.05, 3.63) is 39.5 Å². The lowest BCUT2D eigenvalue weighted by Gasteiger charge is -2.21. The SMILES string of the molecule is Cc1ccc(C)c(-c2n[nH]c(C3CCCNC3)c2Br)c1. The summed E-state index contributed by atoms with van der Waals surface area (Å²) in [6.07, 6.45) is 2.45. The van der Waals surface area contributed by atoms with Gasteiger partial charge in [-0.05, 0) is 60.8 Å². The van der Waals surface area contributed by atoms with Crippen molar-refractivity contribution in [2.24, 2.45) is 0 Å². The second kappa shape index (κ2) is 5.70. The Bertz CT molecular complexity index is 612. The molecule has 3 rings (SSSR count). The Morgan fingerprint density at radius 3 is 2.90 bits per heavy atom. The van der Waals surface area contributed by atoms with Crippen LogP contribution in [0.25, 0.3) is 11.3 Å². The van der Waals surface area contributed by atoms with Crippen LogP contribution in [-0.4, -0.2) is 23.3 Å². The van der Waals surface area contributed by atoms with Crippen molar-refractivity contribution in [2.75, 3.05) is 13.1 Å². The fourth-order valence-corrected chi connectivity index (χ4v) is 3.59. The van der Waals surface area contributed by atoms with Crippen LogP contribution in [0.2, 0.25) is 0 Å². The molecule has 0 spiro atoms. The summed E-state index contributed by atoms with van der Waals surface area (Å²) in [6, 6.07) is 6.51. The van der Waals surface area contributed by atoms with E-state index in [1.165, 1.54) is 35.2 Å². The summed E-state index contributed by atoms with van der Waals surface area (Å²) >= 11 is 3.76. The Hall–Kier alpha value is -1.13. The van der Waals surface area contributed by atoms with Gasteiger partial charge in [0.15, 0.2) is 0 Å². The van der Waals surface area contributed by atoms with E-state index in [9.17, 15) is 0 Å². The normalized spacial score (nSPS) is 19.2. The Kier molecular flexibility index (Phi) is 3.94. The van der Waals surface area contributed by atoms with Crippen LogP contribution < -0.4 is 5.32 Å². The van der Waals surface area contributed by atoms with Crippen molar-refractivity contribution < 1.29 is 0 Å². The van der Waals surface area contributed by atoms with Gasteiger partial charge in [0.05, 0.1) is 10.2 Å². The predicted octanol–water partition coefficient (Wildman–Crippen LogP) is 3.92. The van der Waals surface area contributed by atoms with Gasteiger partial charge in [0.2, 0.25) is 0 Å². The van der Waals surface area contributed by atoms with Gasteiger partial charge in [-0.15, -0.1) is 0 Å². The maximum absolute atomic E-state index is 4.56. The van der Waals surface area contributed by atoms with Crippen LogP contribution in [0.3, 0.4) is 0 Å². The average Bonchev–Trinajstić information content (AvgIpc) is 2.84. The van der Waals surface area contributed by atoms with E-state index < -0.39 is 0 Å². The highest BCUT2D eigenvalue weighted by Gasteiger charge is 2.22. The van der Waals surface area contributed by atoms with E-state index in [4.69, 9.17) is 0 Å². The van der Waals surface area contributed by atoms with Crippen LogP contribution in [0, 0.1) is 13.8 Å². The lowest BCUT2D eigenvalue weighted by Crippen LogP contribution is -2.28. The van der Waals surface area contributed by atoms with E-state index in [2.05, 4.69) is 63.5 Å². The molecule has 1 saturated heterocycles. The van der Waals surface area contributed by atoms with E-state index in [1.807, 2.05) is 0 Å². The summed E-state index contributed by atoms with van der Waals surface area (Å²) < 4.78 is 1.12. The number of rotatable bonds is 2. The van der Waals surface area contributed by atoms with Crippen molar-refractivity contribution in [2.45, 2.75) is 32.6 Å². The van der Waals surface area contributed by atoms with E-state index in [0.29, 0.717) is 5.92 Å². The van der Waals surface area contributed by atoms with Gasteiger partial charge >= 0.3 is 0 Å². The number of H-pyrrole nitrogens is 1. The summed E-state index contributed by atoms with van der Waals surface area (Å²) in [4.78, 5) is 0. The first-order valence-electron chi connectivity index (χ1n) is 7.19. The Labute approximate surface area is 128 Å². The second-order valence-electron chi connectivity index (χ2n) is 5.66. The van der Waals surface area contributed by atoms with Gasteiger partial charge in [-0.1, -0.05) is 17.7 Å². The fraction of sp³-hybridized carbons (Fsp3) is 0.438. The molecule has 1 aromatic carbocycles. The van der Waals surface area contributed by atoms with Crippen LogP contribution in [0.15, 0.2) is 22.7 Å². The van der Waals surface area contributed by atoms with Crippen molar-refractivity contribution in [1.82, 2.24) is 15.5 Å². The number of aromatic amines is 1. The van der Waals surface area contributed by atoms with E-state index in [1.54, 1.807) is 0 Å². The van der Waals surface area contributed by atoms with Crippen molar-refractivity contribution in [3.63, 3.8) is 0 Å². The monoisotopic (exact) mass is 333 g/mol. The predicted molar refractivity (Wildman–Crippen MR) is 86.0 cm³/mol. The number of aryl methyl sites for hydroxylation is 2. The van der Waals surface area contributed by atoms with Crippen LogP contribution in [0.5, 0.6) is 0 Å². The first-order chi connectivity index (χ1) is 9.66. The summed E-state index contributed by atoms with van der Waals surface area (Å²) in [7, 11) is 0. The lowest BCUT2D eigenvalue weighted by molar-refractivity contribution is 0.453. The molecule has 0 saturated carbocycles. The third kappa shape index (κ3) is 2.54. The van der Waals surface area contributed by atoms with Crippen LogP contribution in [-0.2, 0) is 0 Å². The van der Waals surface area contributed by atoms with E-state index in [-0.39, 0.29) is 0 Å². The molecule has 2 N–H and O–H groups in total. The maximum atomic E-state index is 4.56. The molecule has 3 nitrogen and oxygen atoms in total. The number of aromatic nitrogens is 2. The minimum absolute atomic E-state index is 0.532. The van der Waals surface area contributed by atoms with Gasteiger partial charge in [0.25, 0.3) is 0 Å². The first kappa shape index (κ1) is 13.8. The highest BCUT2D eigenvalue weighted by Crippen LogP contribution is 2.36. The number of benzene rings is 1. The Morgan fingerprint density at radius 2 is 2.15 bits per heavy atom. The molecule has 1 aliphatic heterocycles. The molecule has 1 fully saturated rings. The minimum atomic E-state index is 0.532. The first-order valence-corrected chi connectivity index (χ1v) is 7.98. The number of nitrogens with zero attached hydrogens (tertiary/aromatic N) is 1. The number of piperidine rings is 1. The largest absolute Gasteiger partial charge is 0.316 e. The number of hydrogen-bond acceptors (Lipinski definition) is 2. The van der Waals surface area contributed by atoms with Gasteiger partial charge in [-0.2, -0.15) is 5.10 Å². The summed E-state index contributed by atoms with van der Waals surface area (Å²) in [5.41, 5.74) is 6.00. The summed E-state index contributed by atoms with van der Waals surface area (Å²) in [5, 5.41) is 11.3. The zero-order valence-electron chi connectivity index (χ0n) is 12.0. The summed E-state index contributed by atoms with van der Waals surface area (Å²) in [6.45, 7) is 6.42. The van der Waals surface area contributed by atoms with Gasteiger partial charge in [-0.25, -0.2) is 0 Å². The molecule has 0 radical (unpaired) electrons. The highest BCUT2D eigenvalue weighted by atomic mass is 79.9. The molecule has 106 valence electrons. The average molecular weight is 334 g/mol. The van der Waals surface area contributed by atoms with Crippen molar-refractivity contribution in [1.29, 1.82) is 0 Å². The quantitative estimate of drug-likeness (QED) is 0.874. The van der Waals surface area contributed by atoms with Crippen LogP contribution >= 0.6 is 15.9 Å². The Balaban J connectivity index is 1.99. The van der Waals surface area contributed by atoms with Gasteiger partial charge in [-0.3, -0.25) is 5.10 Å². The number of hydrogen-bond donors (Lipinski definition) is 2. The zero-order chi connectivity index (χ0) is 14.1. The molecular weight excluding hydrogens is 314 g/mol. The van der Waals surface area contributed by atoms with Gasteiger partial charge in [0, 0.05) is 18.0 Å². The van der Waals surface area contributed by atoms with E-state index in [0.717, 1.165) is 23.3 Å². The van der Waals surface area contributed by atoms with Crippen molar-refractivity contribution in [3.8, 4) is 11.3 Å². The maximum Gasteiger partial charge on any atom is 0.107 e. The molecule has 1 unspecified atom stereocenters. The summed E-state index contributed by atoms with van der Waals surface area (Å²) in [5.74, 6) is 0.532. The molecule has 2 heterocycles. The smallest absolute Gasteiger partial charge is 0.107 e. The molecule has 0 bridgehead atoms. The second-order valence-corrected chi connectivity index (χ2v) is 6.45. The molecule has 1 aliphatic rings. The molecule has 0 aliphatic carbocycles. The zero-order valence-corrected chi connectivity index (χ0v) is 13.5. The Morgan fingerprint density at radius 1 is 1.30 bits per heavy atom. The number of halogens is 1. The lowest BCUT2D eigenvalue weighted by atomic mass is 9.95. The molecule has 20 heavy (non-hydrogen) atoms. The molecule has 2 aromatic rings. The molecular formula is C16H20BrN3.